The molecule has 0 aliphatic heterocycles. The molecule has 2 N–H and O–H groups in total. The summed E-state index contributed by atoms with van der Waals surface area (Å²) >= 11 is 0. The van der Waals surface area contributed by atoms with Gasteiger partial charge in [-0.3, -0.25) is 9.78 Å². The fraction of sp³-hybridized carbons (Fsp3) is 0.188. The second-order valence-electron chi connectivity index (χ2n) is 4.82. The van der Waals surface area contributed by atoms with Crippen LogP contribution in [0.5, 0.6) is 11.5 Å². The first-order chi connectivity index (χ1) is 10.6. The Bertz CT molecular complexity index is 670. The maximum atomic E-state index is 11.8. The maximum absolute atomic E-state index is 11.8. The van der Waals surface area contributed by atoms with Crippen molar-refractivity contribution in [1.29, 1.82) is 0 Å². The standard InChI is InChI=1S/C16H17N3O3/c1-11(2)22-14-4-3-13(15(20)9-14)10-18-19-16(21)12-5-7-17-8-6-12/h3-11,20H,1-2H3,(H,19,21)/b18-10-. The van der Waals surface area contributed by atoms with Gasteiger partial charge in [-0.15, -0.1) is 0 Å². The summed E-state index contributed by atoms with van der Waals surface area (Å²) < 4.78 is 5.47. The van der Waals surface area contributed by atoms with Crippen LogP contribution in [-0.2, 0) is 0 Å². The Morgan fingerprint density at radius 3 is 2.68 bits per heavy atom. The van der Waals surface area contributed by atoms with Gasteiger partial charge in [0, 0.05) is 29.6 Å². The lowest BCUT2D eigenvalue weighted by Gasteiger charge is -2.10. The number of phenols is 1. The Labute approximate surface area is 128 Å². The van der Waals surface area contributed by atoms with Crippen LogP contribution in [0.4, 0.5) is 0 Å². The molecular formula is C16H17N3O3. The predicted octanol–water partition coefficient (Wildman–Crippen LogP) is 2.34. The van der Waals surface area contributed by atoms with Gasteiger partial charge in [0.15, 0.2) is 0 Å². The number of hydrazone groups is 1. The SMILES string of the molecule is CC(C)Oc1ccc(/C=N\NC(=O)c2ccncc2)c(O)c1. The topological polar surface area (TPSA) is 83.8 Å². The number of aromatic nitrogens is 1. The van der Waals surface area contributed by atoms with Crippen LogP contribution in [0.2, 0.25) is 0 Å². The smallest absolute Gasteiger partial charge is 0.271 e. The molecule has 114 valence electrons. The van der Waals surface area contributed by atoms with Crippen molar-refractivity contribution in [3.63, 3.8) is 0 Å². The first-order valence-electron chi connectivity index (χ1n) is 6.79. The van der Waals surface area contributed by atoms with Gasteiger partial charge in [-0.25, -0.2) is 5.43 Å². The van der Waals surface area contributed by atoms with Crippen molar-refractivity contribution in [2.75, 3.05) is 0 Å². The van der Waals surface area contributed by atoms with E-state index in [2.05, 4.69) is 15.5 Å². The molecule has 0 aliphatic rings. The van der Waals surface area contributed by atoms with Gasteiger partial charge in [0.1, 0.15) is 11.5 Å². The van der Waals surface area contributed by atoms with E-state index in [0.29, 0.717) is 16.9 Å². The molecule has 0 fully saturated rings. The number of ether oxygens (including phenoxy) is 1. The van der Waals surface area contributed by atoms with E-state index in [-0.39, 0.29) is 17.8 Å². The van der Waals surface area contributed by atoms with Crippen molar-refractivity contribution in [3.05, 3.63) is 53.9 Å². The number of amides is 1. The first kappa shape index (κ1) is 15.5. The van der Waals surface area contributed by atoms with E-state index < -0.39 is 0 Å². The minimum atomic E-state index is -0.349. The van der Waals surface area contributed by atoms with Crippen molar-refractivity contribution in [2.24, 2.45) is 5.10 Å². The number of rotatable bonds is 5. The molecule has 1 aromatic heterocycles. The molecule has 0 saturated carbocycles. The van der Waals surface area contributed by atoms with Crippen LogP contribution in [0.15, 0.2) is 47.8 Å². The number of hydrogen-bond acceptors (Lipinski definition) is 5. The van der Waals surface area contributed by atoms with Gasteiger partial charge in [-0.05, 0) is 38.1 Å². The van der Waals surface area contributed by atoms with Crippen molar-refractivity contribution in [3.8, 4) is 11.5 Å². The van der Waals surface area contributed by atoms with Crippen LogP contribution in [0.3, 0.4) is 0 Å². The minimum Gasteiger partial charge on any atom is -0.507 e. The lowest BCUT2D eigenvalue weighted by Crippen LogP contribution is -2.17. The summed E-state index contributed by atoms with van der Waals surface area (Å²) in [6.45, 7) is 3.81. The summed E-state index contributed by atoms with van der Waals surface area (Å²) in [5, 5.41) is 13.7. The van der Waals surface area contributed by atoms with E-state index >= 15 is 0 Å². The highest BCUT2D eigenvalue weighted by Gasteiger charge is 2.05. The van der Waals surface area contributed by atoms with Crippen molar-refractivity contribution in [1.82, 2.24) is 10.4 Å². The number of benzene rings is 1. The Balaban J connectivity index is 2.00. The fourth-order valence-corrected chi connectivity index (χ4v) is 1.71. The second kappa shape index (κ2) is 7.21. The first-order valence-corrected chi connectivity index (χ1v) is 6.79. The van der Waals surface area contributed by atoms with Crippen molar-refractivity contribution < 1.29 is 14.6 Å². The quantitative estimate of drug-likeness (QED) is 0.655. The third-order valence-electron chi connectivity index (χ3n) is 2.69. The van der Waals surface area contributed by atoms with Gasteiger partial charge in [0.05, 0.1) is 12.3 Å². The Morgan fingerprint density at radius 2 is 2.05 bits per heavy atom. The van der Waals surface area contributed by atoms with E-state index in [1.807, 2.05) is 13.8 Å². The second-order valence-corrected chi connectivity index (χ2v) is 4.82. The average molecular weight is 299 g/mol. The molecule has 0 aliphatic carbocycles. The monoisotopic (exact) mass is 299 g/mol. The lowest BCUT2D eigenvalue weighted by molar-refractivity contribution is 0.0955. The Morgan fingerprint density at radius 1 is 1.32 bits per heavy atom. The number of pyridine rings is 1. The summed E-state index contributed by atoms with van der Waals surface area (Å²) in [7, 11) is 0. The molecular weight excluding hydrogens is 282 g/mol. The summed E-state index contributed by atoms with van der Waals surface area (Å²) in [5.74, 6) is 0.253. The zero-order chi connectivity index (χ0) is 15.9. The normalized spacial score (nSPS) is 10.9. The maximum Gasteiger partial charge on any atom is 0.271 e. The summed E-state index contributed by atoms with van der Waals surface area (Å²) in [6, 6.07) is 8.06. The molecule has 6 heteroatoms. The van der Waals surface area contributed by atoms with Gasteiger partial charge in [-0.2, -0.15) is 5.10 Å². The highest BCUT2D eigenvalue weighted by Crippen LogP contribution is 2.23. The number of hydrogen-bond donors (Lipinski definition) is 2. The fourth-order valence-electron chi connectivity index (χ4n) is 1.71. The van der Waals surface area contributed by atoms with Gasteiger partial charge < -0.3 is 9.84 Å². The molecule has 22 heavy (non-hydrogen) atoms. The third kappa shape index (κ3) is 4.31. The molecule has 6 nitrogen and oxygen atoms in total. The van der Waals surface area contributed by atoms with Crippen LogP contribution < -0.4 is 10.2 Å². The van der Waals surface area contributed by atoms with Gasteiger partial charge in [-0.1, -0.05) is 0 Å². The average Bonchev–Trinajstić information content (AvgIpc) is 2.49. The molecule has 0 unspecified atom stereocenters. The zero-order valence-corrected chi connectivity index (χ0v) is 12.4. The highest BCUT2D eigenvalue weighted by molar-refractivity contribution is 5.94. The van der Waals surface area contributed by atoms with E-state index in [0.717, 1.165) is 0 Å². The Hall–Kier alpha value is -2.89. The number of carbonyl (C=O) groups excluding carboxylic acids is 1. The number of phenolic OH excluding ortho intramolecular Hbond substituents is 1. The van der Waals surface area contributed by atoms with Crippen LogP contribution in [0, 0.1) is 0 Å². The van der Waals surface area contributed by atoms with Crippen LogP contribution >= 0.6 is 0 Å². The highest BCUT2D eigenvalue weighted by atomic mass is 16.5. The molecule has 2 rings (SSSR count). The molecule has 0 bridgehead atoms. The van der Waals surface area contributed by atoms with Gasteiger partial charge in [0.2, 0.25) is 0 Å². The molecule has 2 aromatic rings. The van der Waals surface area contributed by atoms with E-state index in [4.69, 9.17) is 4.74 Å². The number of aromatic hydroxyl groups is 1. The summed E-state index contributed by atoms with van der Waals surface area (Å²) in [4.78, 5) is 15.6. The predicted molar refractivity (Wildman–Crippen MR) is 83.2 cm³/mol. The van der Waals surface area contributed by atoms with Crippen molar-refractivity contribution >= 4 is 12.1 Å². The van der Waals surface area contributed by atoms with E-state index in [1.54, 1.807) is 24.3 Å². The minimum absolute atomic E-state index is 0.0265. The number of carbonyl (C=O) groups is 1. The molecule has 0 spiro atoms. The zero-order valence-electron chi connectivity index (χ0n) is 12.4. The van der Waals surface area contributed by atoms with Crippen molar-refractivity contribution in [2.45, 2.75) is 20.0 Å². The largest absolute Gasteiger partial charge is 0.507 e. The van der Waals surface area contributed by atoms with Crippen LogP contribution in [-0.4, -0.2) is 28.3 Å². The molecule has 0 radical (unpaired) electrons. The van der Waals surface area contributed by atoms with Gasteiger partial charge >= 0.3 is 0 Å². The number of nitrogens with zero attached hydrogens (tertiary/aromatic N) is 2. The molecule has 1 amide bonds. The summed E-state index contributed by atoms with van der Waals surface area (Å²) in [6.07, 6.45) is 4.45. The molecule has 1 heterocycles. The Kier molecular flexibility index (Phi) is 5.08. The molecule has 1 aromatic carbocycles. The van der Waals surface area contributed by atoms with Gasteiger partial charge in [0.25, 0.3) is 5.91 Å². The van der Waals surface area contributed by atoms with Crippen LogP contribution in [0.25, 0.3) is 0 Å². The summed E-state index contributed by atoms with van der Waals surface area (Å²) in [5.41, 5.74) is 3.32. The third-order valence-corrected chi connectivity index (χ3v) is 2.69. The number of nitrogens with one attached hydrogen (secondary N) is 1. The lowest BCUT2D eigenvalue weighted by atomic mass is 10.2. The van der Waals surface area contributed by atoms with E-state index in [1.165, 1.54) is 24.7 Å². The molecule has 0 saturated heterocycles. The van der Waals surface area contributed by atoms with Crippen LogP contribution in [0.1, 0.15) is 29.8 Å². The molecule has 0 atom stereocenters. The van der Waals surface area contributed by atoms with E-state index in [9.17, 15) is 9.90 Å².